The third-order valence-electron chi connectivity index (χ3n) is 3.97. The lowest BCUT2D eigenvalue weighted by Gasteiger charge is -2.13. The lowest BCUT2D eigenvalue weighted by atomic mass is 9.92. The lowest BCUT2D eigenvalue weighted by molar-refractivity contribution is 1.17. The normalized spacial score (nSPS) is 10.9. The molecule has 0 spiro atoms. The van der Waals surface area contributed by atoms with E-state index in [2.05, 4.69) is 62.0 Å². The Balaban J connectivity index is 2.64. The van der Waals surface area contributed by atoms with Gasteiger partial charge in [-0.25, -0.2) is 4.85 Å². The number of rotatable bonds is 1. The van der Waals surface area contributed by atoms with Crippen LogP contribution in [0, 0.1) is 20.4 Å². The number of hydrogen-bond donors (Lipinski definition) is 0. The third kappa shape index (κ3) is 1.77. The van der Waals surface area contributed by atoms with E-state index in [1.54, 1.807) is 0 Å². The van der Waals surface area contributed by atoms with Crippen LogP contribution in [-0.4, -0.2) is 0 Å². The Kier molecular flexibility index (Phi) is 2.95. The lowest BCUT2D eigenvalue weighted by Crippen LogP contribution is -1.89. The van der Waals surface area contributed by atoms with Gasteiger partial charge in [-0.05, 0) is 47.4 Å². The quantitative estimate of drug-likeness (QED) is 0.388. The first kappa shape index (κ1) is 12.7. The second kappa shape index (κ2) is 4.65. The van der Waals surface area contributed by atoms with Gasteiger partial charge in [0.2, 0.25) is 0 Å². The monoisotopic (exact) mass is 259 g/mol. The summed E-state index contributed by atoms with van der Waals surface area (Å²) in [5.74, 6) is 0. The molecular weight excluding hydrogens is 242 g/mol. The molecule has 0 bridgehead atoms. The van der Waals surface area contributed by atoms with E-state index in [-0.39, 0.29) is 0 Å². The Bertz CT molecular complexity index is 866. The van der Waals surface area contributed by atoms with Crippen LogP contribution >= 0.6 is 0 Å². The molecule has 0 fully saturated rings. The molecule has 0 aromatic heterocycles. The van der Waals surface area contributed by atoms with E-state index in [1.807, 2.05) is 0 Å². The second-order valence-electron chi connectivity index (χ2n) is 5.39. The van der Waals surface area contributed by atoms with Gasteiger partial charge in [0, 0.05) is 0 Å². The van der Waals surface area contributed by atoms with E-state index in [0.29, 0.717) is 0 Å². The summed E-state index contributed by atoms with van der Waals surface area (Å²) >= 11 is 0. The molecule has 0 saturated carbocycles. The van der Waals surface area contributed by atoms with Gasteiger partial charge in [0.1, 0.15) is 0 Å². The maximum Gasteiger partial charge on any atom is 0.198 e. The SMILES string of the molecule is [C-]#[N+]c1c(CC)c2cc(C)ccc2c2ccc(C)cc12. The van der Waals surface area contributed by atoms with Crippen LogP contribution in [0.4, 0.5) is 5.69 Å². The van der Waals surface area contributed by atoms with Gasteiger partial charge < -0.3 is 0 Å². The van der Waals surface area contributed by atoms with Gasteiger partial charge in [0.15, 0.2) is 5.69 Å². The van der Waals surface area contributed by atoms with Gasteiger partial charge in [-0.3, -0.25) is 0 Å². The van der Waals surface area contributed by atoms with E-state index in [0.717, 1.165) is 17.5 Å². The fraction of sp³-hybridized carbons (Fsp3) is 0.211. The number of aryl methyl sites for hydroxylation is 3. The van der Waals surface area contributed by atoms with Gasteiger partial charge in [-0.2, -0.15) is 0 Å². The number of benzene rings is 3. The van der Waals surface area contributed by atoms with E-state index in [9.17, 15) is 0 Å². The summed E-state index contributed by atoms with van der Waals surface area (Å²) in [5.41, 5.74) is 4.45. The summed E-state index contributed by atoms with van der Waals surface area (Å²) in [4.78, 5) is 3.84. The minimum absolute atomic E-state index is 0.823. The van der Waals surface area contributed by atoms with Gasteiger partial charge >= 0.3 is 0 Å². The topological polar surface area (TPSA) is 4.36 Å². The first-order valence-electron chi connectivity index (χ1n) is 6.98. The molecule has 0 radical (unpaired) electrons. The van der Waals surface area contributed by atoms with Crippen LogP contribution in [0.1, 0.15) is 23.6 Å². The number of fused-ring (bicyclic) bond motifs is 3. The highest BCUT2D eigenvalue weighted by atomic mass is 14.7. The van der Waals surface area contributed by atoms with Crippen molar-refractivity contribution < 1.29 is 0 Å². The predicted octanol–water partition coefficient (Wildman–Crippen LogP) is 5.72. The van der Waals surface area contributed by atoms with Gasteiger partial charge in [-0.1, -0.05) is 54.4 Å². The molecule has 98 valence electrons. The molecule has 3 aromatic rings. The van der Waals surface area contributed by atoms with Crippen molar-refractivity contribution in [2.45, 2.75) is 27.2 Å². The van der Waals surface area contributed by atoms with Gasteiger partial charge in [0.05, 0.1) is 6.57 Å². The molecule has 1 nitrogen and oxygen atoms in total. The first-order chi connectivity index (χ1) is 9.65. The smallest absolute Gasteiger partial charge is 0.198 e. The summed E-state index contributed by atoms with van der Waals surface area (Å²) in [7, 11) is 0. The van der Waals surface area contributed by atoms with Crippen LogP contribution in [-0.2, 0) is 6.42 Å². The Morgan fingerprint density at radius 1 is 0.850 bits per heavy atom. The Labute approximate surface area is 119 Å². The molecule has 1 heteroatoms. The van der Waals surface area contributed by atoms with Crippen LogP contribution in [0.3, 0.4) is 0 Å². The summed E-state index contributed by atoms with van der Waals surface area (Å²) in [6.45, 7) is 13.9. The van der Waals surface area contributed by atoms with Crippen LogP contribution in [0.25, 0.3) is 26.4 Å². The highest BCUT2D eigenvalue weighted by Crippen LogP contribution is 2.39. The Morgan fingerprint density at radius 2 is 1.40 bits per heavy atom. The van der Waals surface area contributed by atoms with E-state index in [1.165, 1.54) is 32.8 Å². The number of nitrogens with zero attached hydrogens (tertiary/aromatic N) is 1. The molecule has 0 unspecified atom stereocenters. The van der Waals surface area contributed by atoms with Gasteiger partial charge in [0.25, 0.3) is 0 Å². The third-order valence-corrected chi connectivity index (χ3v) is 3.97. The van der Waals surface area contributed by atoms with E-state index in [4.69, 9.17) is 6.57 Å². The fourth-order valence-electron chi connectivity index (χ4n) is 3.01. The van der Waals surface area contributed by atoms with Crippen molar-refractivity contribution in [1.29, 1.82) is 0 Å². The van der Waals surface area contributed by atoms with Crippen molar-refractivity contribution in [3.8, 4) is 0 Å². The van der Waals surface area contributed by atoms with Crippen molar-refractivity contribution in [2.75, 3.05) is 0 Å². The van der Waals surface area contributed by atoms with Crippen LogP contribution in [0.15, 0.2) is 36.4 Å². The van der Waals surface area contributed by atoms with Crippen LogP contribution in [0.2, 0.25) is 0 Å². The molecule has 0 aliphatic rings. The van der Waals surface area contributed by atoms with E-state index < -0.39 is 0 Å². The summed E-state index contributed by atoms with van der Waals surface area (Å²) in [5, 5.41) is 4.77. The second-order valence-corrected chi connectivity index (χ2v) is 5.39. The molecule has 0 amide bonds. The van der Waals surface area contributed by atoms with Crippen LogP contribution < -0.4 is 0 Å². The highest BCUT2D eigenvalue weighted by Gasteiger charge is 2.13. The predicted molar refractivity (Wildman–Crippen MR) is 86.6 cm³/mol. The molecule has 0 heterocycles. The van der Waals surface area contributed by atoms with E-state index >= 15 is 0 Å². The largest absolute Gasteiger partial charge is 0.237 e. The zero-order valence-corrected chi connectivity index (χ0v) is 12.1. The molecule has 3 rings (SSSR count). The zero-order valence-electron chi connectivity index (χ0n) is 12.1. The molecular formula is C19H17N. The van der Waals surface area contributed by atoms with Gasteiger partial charge in [-0.15, -0.1) is 0 Å². The maximum atomic E-state index is 7.59. The average molecular weight is 259 g/mol. The molecule has 0 saturated heterocycles. The minimum Gasteiger partial charge on any atom is -0.237 e. The Morgan fingerprint density at radius 3 is 1.95 bits per heavy atom. The maximum absolute atomic E-state index is 7.59. The van der Waals surface area contributed by atoms with Crippen molar-refractivity contribution in [1.82, 2.24) is 0 Å². The first-order valence-corrected chi connectivity index (χ1v) is 6.98. The zero-order chi connectivity index (χ0) is 14.3. The summed E-state index contributed by atoms with van der Waals surface area (Å²) in [6, 6.07) is 13.0. The highest BCUT2D eigenvalue weighted by molar-refractivity contribution is 6.15. The molecule has 0 aliphatic carbocycles. The van der Waals surface area contributed by atoms with Crippen molar-refractivity contribution in [2.24, 2.45) is 0 Å². The summed E-state index contributed by atoms with van der Waals surface area (Å²) < 4.78 is 0. The van der Waals surface area contributed by atoms with Crippen molar-refractivity contribution in [3.63, 3.8) is 0 Å². The van der Waals surface area contributed by atoms with Crippen molar-refractivity contribution >= 4 is 27.2 Å². The molecule has 3 aromatic carbocycles. The molecule has 20 heavy (non-hydrogen) atoms. The number of hydrogen-bond acceptors (Lipinski definition) is 0. The standard InChI is InChI=1S/C19H17N/c1-5-14-17-10-12(2)6-8-15(17)16-9-7-13(3)11-18(16)19(14)20-4/h6-11H,5H2,1-3H3. The van der Waals surface area contributed by atoms with Crippen molar-refractivity contribution in [3.05, 3.63) is 64.5 Å². The van der Waals surface area contributed by atoms with Crippen LogP contribution in [0.5, 0.6) is 0 Å². The minimum atomic E-state index is 0.823. The summed E-state index contributed by atoms with van der Waals surface area (Å²) in [6.07, 6.45) is 0.890. The molecule has 0 N–H and O–H groups in total. The molecule has 0 atom stereocenters. The fourth-order valence-corrected chi connectivity index (χ4v) is 3.01. The Hall–Kier alpha value is -2.33. The average Bonchev–Trinajstić information content (AvgIpc) is 2.45. The molecule has 0 aliphatic heterocycles.